The minimum Gasteiger partial charge on any atom is -0.495 e. The first kappa shape index (κ1) is 17.9. The van der Waals surface area contributed by atoms with Crippen LogP contribution in [0.4, 0.5) is 5.69 Å². The van der Waals surface area contributed by atoms with Gasteiger partial charge in [-0.2, -0.15) is 0 Å². The zero-order valence-electron chi connectivity index (χ0n) is 13.0. The number of aliphatic imine (C=N–C) groups is 1. The molecular formula is C15H25IN4O. The van der Waals surface area contributed by atoms with E-state index in [2.05, 4.69) is 39.2 Å². The van der Waals surface area contributed by atoms with Crippen molar-refractivity contribution in [2.75, 3.05) is 51.8 Å². The number of ether oxygens (including phenoxy) is 1. The number of anilines is 1. The summed E-state index contributed by atoms with van der Waals surface area (Å²) >= 11 is 0. The molecule has 1 saturated heterocycles. The highest BCUT2D eigenvalue weighted by molar-refractivity contribution is 14.0. The maximum Gasteiger partial charge on any atom is 0.193 e. The average molecular weight is 404 g/mol. The van der Waals surface area contributed by atoms with Crippen LogP contribution in [-0.2, 0) is 0 Å². The van der Waals surface area contributed by atoms with E-state index in [4.69, 9.17) is 4.74 Å². The Morgan fingerprint density at radius 1 is 1.24 bits per heavy atom. The number of halogens is 1. The number of nitrogens with one attached hydrogen (secondary N) is 1. The Kier molecular flexibility index (Phi) is 7.63. The SMILES string of the molecule is CCNC(=NC)N1CCN(c2ccccc2OC)CC1.I. The molecule has 2 rings (SSSR count). The number of para-hydroxylation sites is 2. The van der Waals surface area contributed by atoms with Gasteiger partial charge in [-0.15, -0.1) is 24.0 Å². The second-order valence-corrected chi connectivity index (χ2v) is 4.72. The molecular weight excluding hydrogens is 379 g/mol. The third kappa shape index (κ3) is 4.39. The Hall–Kier alpha value is -1.18. The van der Waals surface area contributed by atoms with Gasteiger partial charge < -0.3 is 19.9 Å². The van der Waals surface area contributed by atoms with Crippen molar-refractivity contribution in [1.29, 1.82) is 0 Å². The Labute approximate surface area is 144 Å². The minimum atomic E-state index is 0. The van der Waals surface area contributed by atoms with E-state index < -0.39 is 0 Å². The highest BCUT2D eigenvalue weighted by atomic mass is 127. The van der Waals surface area contributed by atoms with Crippen molar-refractivity contribution in [2.24, 2.45) is 4.99 Å². The van der Waals surface area contributed by atoms with Gasteiger partial charge in [0, 0.05) is 39.8 Å². The van der Waals surface area contributed by atoms with Crippen LogP contribution in [0.15, 0.2) is 29.3 Å². The predicted octanol–water partition coefficient (Wildman–Crippen LogP) is 2.03. The van der Waals surface area contributed by atoms with Gasteiger partial charge in [-0.3, -0.25) is 4.99 Å². The summed E-state index contributed by atoms with van der Waals surface area (Å²) in [6, 6.07) is 8.19. The molecule has 0 aliphatic carbocycles. The summed E-state index contributed by atoms with van der Waals surface area (Å²) in [5.74, 6) is 1.93. The number of hydrogen-bond donors (Lipinski definition) is 1. The molecule has 21 heavy (non-hydrogen) atoms. The van der Waals surface area contributed by atoms with Gasteiger partial charge in [-0.25, -0.2) is 0 Å². The lowest BCUT2D eigenvalue weighted by atomic mass is 10.2. The van der Waals surface area contributed by atoms with Crippen molar-refractivity contribution in [3.63, 3.8) is 0 Å². The van der Waals surface area contributed by atoms with Crippen LogP contribution in [0.3, 0.4) is 0 Å². The van der Waals surface area contributed by atoms with E-state index in [0.717, 1.165) is 44.4 Å². The van der Waals surface area contributed by atoms with Crippen LogP contribution in [0, 0.1) is 0 Å². The van der Waals surface area contributed by atoms with E-state index in [9.17, 15) is 0 Å². The molecule has 6 heteroatoms. The first-order valence-corrected chi connectivity index (χ1v) is 7.13. The number of piperazine rings is 1. The topological polar surface area (TPSA) is 40.1 Å². The van der Waals surface area contributed by atoms with Crippen molar-refractivity contribution < 1.29 is 4.74 Å². The Morgan fingerprint density at radius 2 is 1.90 bits per heavy atom. The van der Waals surface area contributed by atoms with E-state index in [1.165, 1.54) is 5.69 Å². The van der Waals surface area contributed by atoms with Gasteiger partial charge >= 0.3 is 0 Å². The number of guanidine groups is 1. The highest BCUT2D eigenvalue weighted by Crippen LogP contribution is 2.28. The molecule has 118 valence electrons. The second kappa shape index (κ2) is 8.96. The molecule has 0 unspecified atom stereocenters. The lowest BCUT2D eigenvalue weighted by Crippen LogP contribution is -2.52. The summed E-state index contributed by atoms with van der Waals surface area (Å²) in [7, 11) is 3.56. The van der Waals surface area contributed by atoms with E-state index in [1.54, 1.807) is 7.11 Å². The first-order chi connectivity index (χ1) is 9.80. The van der Waals surface area contributed by atoms with Crippen LogP contribution in [0.2, 0.25) is 0 Å². The van der Waals surface area contributed by atoms with Gasteiger partial charge in [0.05, 0.1) is 12.8 Å². The quantitative estimate of drug-likeness (QED) is 0.476. The first-order valence-electron chi connectivity index (χ1n) is 7.13. The zero-order chi connectivity index (χ0) is 14.4. The van der Waals surface area contributed by atoms with Gasteiger partial charge in [0.1, 0.15) is 5.75 Å². The largest absolute Gasteiger partial charge is 0.495 e. The fraction of sp³-hybridized carbons (Fsp3) is 0.533. The molecule has 1 N–H and O–H groups in total. The van der Waals surface area contributed by atoms with Crippen molar-refractivity contribution in [3.05, 3.63) is 24.3 Å². The second-order valence-electron chi connectivity index (χ2n) is 4.72. The van der Waals surface area contributed by atoms with E-state index in [-0.39, 0.29) is 24.0 Å². The fourth-order valence-corrected chi connectivity index (χ4v) is 2.54. The molecule has 0 radical (unpaired) electrons. The summed E-state index contributed by atoms with van der Waals surface area (Å²) in [6.07, 6.45) is 0. The van der Waals surface area contributed by atoms with Crippen molar-refractivity contribution in [1.82, 2.24) is 10.2 Å². The number of methoxy groups -OCH3 is 1. The van der Waals surface area contributed by atoms with Gasteiger partial charge in [0.25, 0.3) is 0 Å². The third-order valence-electron chi connectivity index (χ3n) is 3.55. The summed E-state index contributed by atoms with van der Waals surface area (Å²) < 4.78 is 5.44. The summed E-state index contributed by atoms with van der Waals surface area (Å²) in [6.45, 7) is 6.89. The number of hydrogen-bond acceptors (Lipinski definition) is 3. The molecule has 0 amide bonds. The monoisotopic (exact) mass is 404 g/mol. The molecule has 0 bridgehead atoms. The van der Waals surface area contributed by atoms with E-state index in [0.29, 0.717) is 0 Å². The third-order valence-corrected chi connectivity index (χ3v) is 3.55. The molecule has 1 aromatic carbocycles. The smallest absolute Gasteiger partial charge is 0.193 e. The molecule has 0 saturated carbocycles. The minimum absolute atomic E-state index is 0. The Bertz CT molecular complexity index is 459. The van der Waals surface area contributed by atoms with Gasteiger partial charge in [0.2, 0.25) is 0 Å². The standard InChI is InChI=1S/C15H24N4O.HI/c1-4-17-15(16-2)19-11-9-18(10-12-19)13-7-5-6-8-14(13)20-3;/h5-8H,4,9-12H2,1-3H3,(H,16,17);1H. The summed E-state index contributed by atoms with van der Waals surface area (Å²) in [4.78, 5) is 8.99. The van der Waals surface area contributed by atoms with Crippen LogP contribution in [0.5, 0.6) is 5.75 Å². The lowest BCUT2D eigenvalue weighted by Gasteiger charge is -2.38. The molecule has 1 fully saturated rings. The van der Waals surface area contributed by atoms with Crippen LogP contribution in [0.25, 0.3) is 0 Å². The fourth-order valence-electron chi connectivity index (χ4n) is 2.54. The molecule has 5 nitrogen and oxygen atoms in total. The molecule has 1 aliphatic heterocycles. The molecule has 1 heterocycles. The lowest BCUT2D eigenvalue weighted by molar-refractivity contribution is 0.368. The number of nitrogens with zero attached hydrogens (tertiary/aromatic N) is 3. The number of benzene rings is 1. The maximum absolute atomic E-state index is 5.44. The molecule has 1 aliphatic rings. The molecule has 0 aromatic heterocycles. The summed E-state index contributed by atoms with van der Waals surface area (Å²) in [5, 5.41) is 3.31. The van der Waals surface area contributed by atoms with Crippen LogP contribution < -0.4 is 15.0 Å². The van der Waals surface area contributed by atoms with Crippen molar-refractivity contribution >= 4 is 35.6 Å². The molecule has 1 aromatic rings. The molecule has 0 atom stereocenters. The zero-order valence-corrected chi connectivity index (χ0v) is 15.3. The van der Waals surface area contributed by atoms with E-state index in [1.807, 2.05) is 19.2 Å². The Balaban J connectivity index is 0.00000220. The van der Waals surface area contributed by atoms with Crippen LogP contribution in [0.1, 0.15) is 6.92 Å². The predicted molar refractivity (Wildman–Crippen MR) is 99.2 cm³/mol. The van der Waals surface area contributed by atoms with Gasteiger partial charge in [-0.05, 0) is 19.1 Å². The number of rotatable bonds is 3. The Morgan fingerprint density at radius 3 is 2.48 bits per heavy atom. The van der Waals surface area contributed by atoms with Crippen LogP contribution in [-0.4, -0.2) is 57.7 Å². The van der Waals surface area contributed by atoms with Crippen LogP contribution >= 0.6 is 24.0 Å². The molecule has 0 spiro atoms. The van der Waals surface area contributed by atoms with Crippen molar-refractivity contribution in [3.8, 4) is 5.75 Å². The maximum atomic E-state index is 5.44. The van der Waals surface area contributed by atoms with Gasteiger partial charge in [-0.1, -0.05) is 12.1 Å². The van der Waals surface area contributed by atoms with Gasteiger partial charge in [0.15, 0.2) is 5.96 Å². The average Bonchev–Trinajstić information content (AvgIpc) is 2.53. The normalized spacial score (nSPS) is 15.5. The highest BCUT2D eigenvalue weighted by Gasteiger charge is 2.21. The summed E-state index contributed by atoms with van der Waals surface area (Å²) in [5.41, 5.74) is 1.17. The van der Waals surface area contributed by atoms with Crippen molar-refractivity contribution in [2.45, 2.75) is 6.92 Å². The van der Waals surface area contributed by atoms with E-state index >= 15 is 0 Å².